The summed E-state index contributed by atoms with van der Waals surface area (Å²) in [5.41, 5.74) is 0.898. The van der Waals surface area contributed by atoms with Gasteiger partial charge in [-0.15, -0.1) is 11.3 Å². The van der Waals surface area contributed by atoms with Gasteiger partial charge in [0.1, 0.15) is 10.3 Å². The Balaban J connectivity index is 1.70. The SMILES string of the molecule is CCOCCn1c(=NC(=O)C2CCCN2S(=O)(=O)c2ccc(Cl)s2)sc2cc(Cl)ccc21. The number of thiazole rings is 1. The minimum absolute atomic E-state index is 0.130. The summed E-state index contributed by atoms with van der Waals surface area (Å²) in [4.78, 5) is 18.0. The summed E-state index contributed by atoms with van der Waals surface area (Å²) in [6, 6.07) is 7.68. The number of hydrogen-bond donors (Lipinski definition) is 0. The first-order valence-electron chi connectivity index (χ1n) is 10.0. The second-order valence-electron chi connectivity index (χ2n) is 7.13. The van der Waals surface area contributed by atoms with Crippen LogP contribution in [0.4, 0.5) is 0 Å². The van der Waals surface area contributed by atoms with Crippen LogP contribution in [-0.2, 0) is 26.1 Å². The van der Waals surface area contributed by atoms with Crippen LogP contribution >= 0.6 is 45.9 Å². The van der Waals surface area contributed by atoms with E-state index >= 15 is 0 Å². The molecule has 1 aliphatic heterocycles. The third-order valence-corrected chi connectivity index (χ3v) is 10.00. The van der Waals surface area contributed by atoms with Gasteiger partial charge in [-0.1, -0.05) is 34.5 Å². The summed E-state index contributed by atoms with van der Waals surface area (Å²) in [7, 11) is -3.82. The van der Waals surface area contributed by atoms with Crippen LogP contribution in [0.2, 0.25) is 9.36 Å². The molecule has 4 rings (SSSR count). The third kappa shape index (κ3) is 4.82. The largest absolute Gasteiger partial charge is 0.380 e. The van der Waals surface area contributed by atoms with E-state index in [9.17, 15) is 13.2 Å². The second-order valence-corrected chi connectivity index (χ2v) is 12.4. The van der Waals surface area contributed by atoms with Gasteiger partial charge in [-0.05, 0) is 50.1 Å². The Bertz CT molecular complexity index is 1310. The molecule has 7 nitrogen and oxygen atoms in total. The van der Waals surface area contributed by atoms with Gasteiger partial charge >= 0.3 is 0 Å². The fourth-order valence-corrected chi connectivity index (χ4v) is 8.24. The lowest BCUT2D eigenvalue weighted by molar-refractivity contribution is -0.121. The van der Waals surface area contributed by atoms with Crippen LogP contribution < -0.4 is 4.80 Å². The molecule has 1 aliphatic rings. The van der Waals surface area contributed by atoms with E-state index in [2.05, 4.69) is 4.99 Å². The molecule has 0 radical (unpaired) electrons. The van der Waals surface area contributed by atoms with Crippen LogP contribution in [-0.4, -0.2) is 49.0 Å². The first-order chi connectivity index (χ1) is 15.3. The Morgan fingerprint density at radius 1 is 1.25 bits per heavy atom. The van der Waals surface area contributed by atoms with Crippen LogP contribution in [0.25, 0.3) is 10.2 Å². The van der Waals surface area contributed by atoms with E-state index in [-0.39, 0.29) is 10.8 Å². The van der Waals surface area contributed by atoms with Crippen molar-refractivity contribution in [1.29, 1.82) is 0 Å². The number of nitrogens with zero attached hydrogens (tertiary/aromatic N) is 3. The summed E-state index contributed by atoms with van der Waals surface area (Å²) < 4.78 is 36.2. The molecule has 0 bridgehead atoms. The van der Waals surface area contributed by atoms with Gasteiger partial charge in [0.25, 0.3) is 15.9 Å². The van der Waals surface area contributed by atoms with Gasteiger partial charge in [0.05, 0.1) is 21.2 Å². The zero-order chi connectivity index (χ0) is 22.9. The fourth-order valence-electron chi connectivity index (χ4n) is 3.64. The zero-order valence-corrected chi connectivity index (χ0v) is 21.1. The molecule has 1 atom stereocenters. The van der Waals surface area contributed by atoms with Gasteiger partial charge in [-0.2, -0.15) is 9.30 Å². The average Bonchev–Trinajstić information content (AvgIpc) is 3.47. The van der Waals surface area contributed by atoms with Gasteiger partial charge in [-0.25, -0.2) is 8.42 Å². The van der Waals surface area contributed by atoms with Crippen molar-refractivity contribution in [2.45, 2.75) is 36.6 Å². The van der Waals surface area contributed by atoms with Crippen molar-refractivity contribution < 1.29 is 17.9 Å². The smallest absolute Gasteiger partial charge is 0.266 e. The van der Waals surface area contributed by atoms with E-state index in [4.69, 9.17) is 27.9 Å². The molecule has 3 aromatic rings. The molecule has 1 unspecified atom stereocenters. The van der Waals surface area contributed by atoms with Crippen molar-refractivity contribution in [2.75, 3.05) is 19.8 Å². The van der Waals surface area contributed by atoms with Gasteiger partial charge in [0, 0.05) is 24.7 Å². The van der Waals surface area contributed by atoms with Crippen LogP contribution in [0, 0.1) is 0 Å². The molecule has 0 N–H and O–H groups in total. The number of halogens is 2. The van der Waals surface area contributed by atoms with E-state index in [1.807, 2.05) is 23.6 Å². The van der Waals surface area contributed by atoms with Gasteiger partial charge in [-0.3, -0.25) is 4.79 Å². The number of carbonyl (C=O) groups excluding carboxylic acids is 1. The predicted molar refractivity (Wildman–Crippen MR) is 128 cm³/mol. The first-order valence-corrected chi connectivity index (χ1v) is 13.9. The molecule has 0 spiro atoms. The number of carbonyl (C=O) groups is 1. The molecule has 3 heterocycles. The van der Waals surface area contributed by atoms with E-state index in [1.54, 1.807) is 12.1 Å². The van der Waals surface area contributed by atoms with Crippen molar-refractivity contribution in [3.63, 3.8) is 0 Å². The summed E-state index contributed by atoms with van der Waals surface area (Å²) in [6.45, 7) is 3.76. The van der Waals surface area contributed by atoms with Crippen molar-refractivity contribution in [3.8, 4) is 0 Å². The third-order valence-electron chi connectivity index (χ3n) is 5.11. The van der Waals surface area contributed by atoms with Crippen molar-refractivity contribution >= 4 is 72.0 Å². The highest BCUT2D eigenvalue weighted by molar-refractivity contribution is 7.91. The molecule has 172 valence electrons. The minimum Gasteiger partial charge on any atom is -0.380 e. The van der Waals surface area contributed by atoms with Crippen molar-refractivity contribution in [3.05, 3.63) is 44.5 Å². The molecule has 1 saturated heterocycles. The standard InChI is InChI=1S/C20H21Cl2N3O4S3/c1-2-29-11-10-24-14-6-5-13(21)12-16(14)30-20(24)23-19(26)15-4-3-9-25(15)32(27,28)18-8-7-17(22)31-18/h5-8,12,15H,2-4,9-11H2,1H3. The number of aromatic nitrogens is 1. The van der Waals surface area contributed by atoms with Crippen molar-refractivity contribution in [2.24, 2.45) is 4.99 Å². The quantitative estimate of drug-likeness (QED) is 0.421. The molecule has 12 heteroatoms. The van der Waals surface area contributed by atoms with Crippen LogP contribution in [0.1, 0.15) is 19.8 Å². The molecular weight excluding hydrogens is 513 g/mol. The zero-order valence-electron chi connectivity index (χ0n) is 17.2. The molecular formula is C20H21Cl2N3O4S3. The maximum Gasteiger partial charge on any atom is 0.266 e. The summed E-state index contributed by atoms with van der Waals surface area (Å²) >= 11 is 14.4. The van der Waals surface area contributed by atoms with Crippen LogP contribution in [0.3, 0.4) is 0 Å². The van der Waals surface area contributed by atoms with Gasteiger partial charge < -0.3 is 9.30 Å². The number of amides is 1. The lowest BCUT2D eigenvalue weighted by atomic mass is 10.2. The lowest BCUT2D eigenvalue weighted by Gasteiger charge is -2.20. The number of fused-ring (bicyclic) bond motifs is 1. The maximum atomic E-state index is 13.2. The summed E-state index contributed by atoms with van der Waals surface area (Å²) in [5, 5.41) is 0.594. The monoisotopic (exact) mass is 533 g/mol. The number of rotatable bonds is 7. The molecule has 2 aromatic heterocycles. The lowest BCUT2D eigenvalue weighted by Crippen LogP contribution is -2.40. The Morgan fingerprint density at radius 3 is 2.78 bits per heavy atom. The molecule has 1 fully saturated rings. The number of sulfonamides is 1. The summed E-state index contributed by atoms with van der Waals surface area (Å²) in [6.07, 6.45) is 1.02. The topological polar surface area (TPSA) is 81.0 Å². The predicted octanol–water partition coefficient (Wildman–Crippen LogP) is 4.39. The molecule has 1 aromatic carbocycles. The highest BCUT2D eigenvalue weighted by Gasteiger charge is 2.40. The Hall–Kier alpha value is -1.27. The van der Waals surface area contributed by atoms with E-state index in [1.165, 1.54) is 21.7 Å². The number of hydrogen-bond acceptors (Lipinski definition) is 6. The highest BCUT2D eigenvalue weighted by atomic mass is 35.5. The first kappa shape index (κ1) is 23.9. The van der Waals surface area contributed by atoms with E-state index < -0.39 is 22.0 Å². The molecule has 0 aliphatic carbocycles. The van der Waals surface area contributed by atoms with Crippen LogP contribution in [0.15, 0.2) is 39.5 Å². The summed E-state index contributed by atoms with van der Waals surface area (Å²) in [5.74, 6) is -0.475. The second kappa shape index (κ2) is 9.92. The van der Waals surface area contributed by atoms with E-state index in [0.717, 1.165) is 21.6 Å². The molecule has 1 amide bonds. The maximum absolute atomic E-state index is 13.2. The fraction of sp³-hybridized carbons (Fsp3) is 0.400. The molecule has 0 saturated carbocycles. The van der Waals surface area contributed by atoms with Gasteiger partial charge in [0.15, 0.2) is 4.80 Å². The van der Waals surface area contributed by atoms with E-state index in [0.29, 0.717) is 46.8 Å². The number of ether oxygens (including phenoxy) is 1. The normalized spacial score (nSPS) is 18.1. The van der Waals surface area contributed by atoms with Crippen LogP contribution in [0.5, 0.6) is 0 Å². The molecule has 32 heavy (non-hydrogen) atoms. The number of benzene rings is 1. The average molecular weight is 535 g/mol. The Labute approximate surface area is 203 Å². The van der Waals surface area contributed by atoms with Gasteiger partial charge in [0.2, 0.25) is 0 Å². The minimum atomic E-state index is -3.82. The Morgan fingerprint density at radius 2 is 2.06 bits per heavy atom. The Kier molecular flexibility index (Phi) is 7.40. The number of thiophene rings is 1. The highest BCUT2D eigenvalue weighted by Crippen LogP contribution is 2.32. The van der Waals surface area contributed by atoms with Crippen molar-refractivity contribution in [1.82, 2.24) is 8.87 Å².